The first-order valence-electron chi connectivity index (χ1n) is 5.92. The van der Waals surface area contributed by atoms with E-state index in [-0.39, 0.29) is 0 Å². The molecular weight excluding hydrogens is 210 g/mol. The first-order valence-corrected chi connectivity index (χ1v) is 5.92. The summed E-state index contributed by atoms with van der Waals surface area (Å²) in [6, 6.07) is 10.5. The molecule has 1 aromatic carbocycles. The third-order valence-corrected chi connectivity index (χ3v) is 2.76. The molecule has 0 saturated carbocycles. The fraction of sp³-hybridized carbons (Fsp3) is 0.286. The second-order valence-corrected chi connectivity index (χ2v) is 3.93. The van der Waals surface area contributed by atoms with Gasteiger partial charge in [-0.25, -0.2) is 9.97 Å². The lowest BCUT2D eigenvalue weighted by molar-refractivity contribution is 0.673. The van der Waals surface area contributed by atoms with Crippen LogP contribution in [0.15, 0.2) is 42.9 Å². The van der Waals surface area contributed by atoms with Crippen molar-refractivity contribution in [2.75, 3.05) is 0 Å². The lowest BCUT2D eigenvalue weighted by atomic mass is 10.1. The van der Waals surface area contributed by atoms with Gasteiger partial charge in [-0.3, -0.25) is 0 Å². The Hall–Kier alpha value is -1.74. The smallest absolute Gasteiger partial charge is 0.115 e. The molecule has 1 heterocycles. The topological polar surface area (TPSA) is 37.8 Å². The molecule has 1 aromatic heterocycles. The van der Waals surface area contributed by atoms with E-state index in [1.54, 1.807) is 12.5 Å². The molecule has 0 bridgehead atoms. The number of nitrogens with one attached hydrogen (secondary N) is 1. The Labute approximate surface area is 102 Å². The minimum absolute atomic E-state index is 0.778. The van der Waals surface area contributed by atoms with Crippen molar-refractivity contribution in [2.24, 2.45) is 0 Å². The van der Waals surface area contributed by atoms with Gasteiger partial charge in [0.25, 0.3) is 0 Å². The van der Waals surface area contributed by atoms with E-state index >= 15 is 0 Å². The Morgan fingerprint density at radius 1 is 1.06 bits per heavy atom. The Balaban J connectivity index is 1.90. The summed E-state index contributed by atoms with van der Waals surface area (Å²) < 4.78 is 0. The van der Waals surface area contributed by atoms with E-state index in [9.17, 15) is 0 Å². The largest absolute Gasteiger partial charge is 0.307 e. The van der Waals surface area contributed by atoms with Gasteiger partial charge in [-0.2, -0.15) is 0 Å². The SMILES string of the molecule is CCc1ccccc1CNCc1ccncn1. The van der Waals surface area contributed by atoms with Crippen LogP contribution in [0.5, 0.6) is 0 Å². The van der Waals surface area contributed by atoms with Crippen LogP contribution in [0.1, 0.15) is 23.7 Å². The second kappa shape index (κ2) is 6.11. The van der Waals surface area contributed by atoms with E-state index in [0.29, 0.717) is 0 Å². The number of aryl methyl sites for hydroxylation is 1. The fourth-order valence-electron chi connectivity index (χ4n) is 1.82. The quantitative estimate of drug-likeness (QED) is 0.852. The molecule has 0 fully saturated rings. The maximum absolute atomic E-state index is 4.18. The Morgan fingerprint density at radius 2 is 1.88 bits per heavy atom. The maximum atomic E-state index is 4.18. The zero-order chi connectivity index (χ0) is 11.9. The molecule has 2 rings (SSSR count). The molecule has 3 nitrogen and oxygen atoms in total. The number of benzene rings is 1. The Morgan fingerprint density at radius 3 is 2.59 bits per heavy atom. The summed E-state index contributed by atoms with van der Waals surface area (Å²) in [7, 11) is 0. The molecule has 88 valence electrons. The molecule has 0 aliphatic rings. The van der Waals surface area contributed by atoms with Crippen LogP contribution in [-0.4, -0.2) is 9.97 Å². The summed E-state index contributed by atoms with van der Waals surface area (Å²) in [5, 5.41) is 3.40. The lowest BCUT2D eigenvalue weighted by Gasteiger charge is -2.08. The van der Waals surface area contributed by atoms with Gasteiger partial charge in [0.15, 0.2) is 0 Å². The van der Waals surface area contributed by atoms with E-state index in [0.717, 1.165) is 25.2 Å². The van der Waals surface area contributed by atoms with Gasteiger partial charge < -0.3 is 5.32 Å². The zero-order valence-corrected chi connectivity index (χ0v) is 10.1. The van der Waals surface area contributed by atoms with Crippen molar-refractivity contribution in [3.63, 3.8) is 0 Å². The van der Waals surface area contributed by atoms with E-state index in [4.69, 9.17) is 0 Å². The summed E-state index contributed by atoms with van der Waals surface area (Å²) in [6.07, 6.45) is 4.42. The average Bonchev–Trinajstić information content (AvgIpc) is 2.40. The van der Waals surface area contributed by atoms with E-state index in [2.05, 4.69) is 46.5 Å². The van der Waals surface area contributed by atoms with Crippen LogP contribution in [0.4, 0.5) is 0 Å². The second-order valence-electron chi connectivity index (χ2n) is 3.93. The summed E-state index contributed by atoms with van der Waals surface area (Å²) in [5.41, 5.74) is 3.79. The van der Waals surface area contributed by atoms with Crippen molar-refractivity contribution >= 4 is 0 Å². The molecule has 1 N–H and O–H groups in total. The zero-order valence-electron chi connectivity index (χ0n) is 10.1. The van der Waals surface area contributed by atoms with E-state index < -0.39 is 0 Å². The normalized spacial score (nSPS) is 10.4. The van der Waals surface area contributed by atoms with Crippen molar-refractivity contribution in [1.82, 2.24) is 15.3 Å². The minimum Gasteiger partial charge on any atom is -0.307 e. The van der Waals surface area contributed by atoms with Crippen LogP contribution in [0, 0.1) is 0 Å². The predicted molar refractivity (Wildman–Crippen MR) is 68.4 cm³/mol. The molecule has 0 spiro atoms. The predicted octanol–water partition coefficient (Wildman–Crippen LogP) is 2.33. The standard InChI is InChI=1S/C14H17N3/c1-2-12-5-3-4-6-13(12)9-16-10-14-7-8-15-11-17-14/h3-8,11,16H,2,9-10H2,1H3. The molecule has 0 amide bonds. The van der Waals surface area contributed by atoms with Gasteiger partial charge in [-0.05, 0) is 23.6 Å². The molecule has 0 radical (unpaired) electrons. The van der Waals surface area contributed by atoms with Crippen LogP contribution in [0.3, 0.4) is 0 Å². The highest BCUT2D eigenvalue weighted by molar-refractivity contribution is 5.26. The van der Waals surface area contributed by atoms with Crippen LogP contribution < -0.4 is 5.32 Å². The van der Waals surface area contributed by atoms with Gasteiger partial charge in [0.2, 0.25) is 0 Å². The van der Waals surface area contributed by atoms with E-state index in [1.807, 2.05) is 6.07 Å². The molecule has 17 heavy (non-hydrogen) atoms. The van der Waals surface area contributed by atoms with Crippen LogP contribution >= 0.6 is 0 Å². The highest BCUT2D eigenvalue weighted by Gasteiger charge is 1.99. The fourth-order valence-corrected chi connectivity index (χ4v) is 1.82. The molecular formula is C14H17N3. The van der Waals surface area contributed by atoms with Gasteiger partial charge in [0.1, 0.15) is 6.33 Å². The molecule has 3 heteroatoms. The Bertz CT molecular complexity index is 454. The van der Waals surface area contributed by atoms with Crippen molar-refractivity contribution in [3.8, 4) is 0 Å². The molecule has 0 aliphatic heterocycles. The molecule has 2 aromatic rings. The molecule has 0 saturated heterocycles. The average molecular weight is 227 g/mol. The van der Waals surface area contributed by atoms with Crippen molar-refractivity contribution < 1.29 is 0 Å². The van der Waals surface area contributed by atoms with Crippen LogP contribution in [0.2, 0.25) is 0 Å². The molecule has 0 unspecified atom stereocenters. The number of hydrogen-bond acceptors (Lipinski definition) is 3. The monoisotopic (exact) mass is 227 g/mol. The van der Waals surface area contributed by atoms with Gasteiger partial charge in [0.05, 0.1) is 5.69 Å². The maximum Gasteiger partial charge on any atom is 0.115 e. The molecule has 0 aliphatic carbocycles. The summed E-state index contributed by atoms with van der Waals surface area (Å²) >= 11 is 0. The Kier molecular flexibility index (Phi) is 4.22. The number of nitrogens with zero attached hydrogens (tertiary/aromatic N) is 2. The lowest BCUT2D eigenvalue weighted by Crippen LogP contribution is -2.14. The van der Waals surface area contributed by atoms with Crippen LogP contribution in [-0.2, 0) is 19.5 Å². The third kappa shape index (κ3) is 3.36. The van der Waals surface area contributed by atoms with E-state index in [1.165, 1.54) is 11.1 Å². The van der Waals surface area contributed by atoms with Gasteiger partial charge in [-0.1, -0.05) is 31.2 Å². The number of aromatic nitrogens is 2. The first kappa shape index (κ1) is 11.7. The highest BCUT2D eigenvalue weighted by Crippen LogP contribution is 2.09. The minimum atomic E-state index is 0.778. The summed E-state index contributed by atoms with van der Waals surface area (Å²) in [6.45, 7) is 3.85. The van der Waals surface area contributed by atoms with Crippen molar-refractivity contribution in [1.29, 1.82) is 0 Å². The van der Waals surface area contributed by atoms with Crippen molar-refractivity contribution in [3.05, 3.63) is 59.7 Å². The molecule has 0 atom stereocenters. The number of rotatable bonds is 5. The van der Waals surface area contributed by atoms with Crippen LogP contribution in [0.25, 0.3) is 0 Å². The number of hydrogen-bond donors (Lipinski definition) is 1. The van der Waals surface area contributed by atoms with Gasteiger partial charge >= 0.3 is 0 Å². The van der Waals surface area contributed by atoms with Crippen molar-refractivity contribution in [2.45, 2.75) is 26.4 Å². The first-order chi connectivity index (χ1) is 8.40. The summed E-state index contributed by atoms with van der Waals surface area (Å²) in [5.74, 6) is 0. The third-order valence-electron chi connectivity index (χ3n) is 2.76. The van der Waals surface area contributed by atoms with Gasteiger partial charge in [-0.15, -0.1) is 0 Å². The summed E-state index contributed by atoms with van der Waals surface area (Å²) in [4.78, 5) is 8.08. The highest BCUT2D eigenvalue weighted by atomic mass is 14.9. The van der Waals surface area contributed by atoms with Gasteiger partial charge in [0, 0.05) is 19.3 Å².